The third kappa shape index (κ3) is 3.03. The summed E-state index contributed by atoms with van der Waals surface area (Å²) in [5.74, 6) is 0.599. The van der Waals surface area contributed by atoms with E-state index in [0.29, 0.717) is 38.3 Å². The number of hydrogen-bond acceptors (Lipinski definition) is 5. The summed E-state index contributed by atoms with van der Waals surface area (Å²) < 4.78 is 7.23. The molecule has 0 saturated carbocycles. The normalized spacial score (nSPS) is 20.5. The summed E-state index contributed by atoms with van der Waals surface area (Å²) in [6.45, 7) is 3.17. The number of nitrogens with one attached hydrogen (secondary N) is 1. The second kappa shape index (κ2) is 5.65. The molecule has 21 heavy (non-hydrogen) atoms. The number of imidazole rings is 1. The van der Waals surface area contributed by atoms with E-state index in [4.69, 9.17) is 4.74 Å². The number of fused-ring (bicyclic) bond motifs is 1. The lowest BCUT2D eigenvalue weighted by atomic mass is 9.94. The van der Waals surface area contributed by atoms with Crippen molar-refractivity contribution in [3.8, 4) is 0 Å². The van der Waals surface area contributed by atoms with Crippen molar-refractivity contribution in [2.24, 2.45) is 0 Å². The van der Waals surface area contributed by atoms with Crippen LogP contribution >= 0.6 is 0 Å². The lowest BCUT2D eigenvalue weighted by Gasteiger charge is -2.35. The minimum absolute atomic E-state index is 0.154. The highest BCUT2D eigenvalue weighted by atomic mass is 16.5. The Morgan fingerprint density at radius 2 is 2.33 bits per heavy atom. The molecule has 0 radical (unpaired) electrons. The molecule has 1 aromatic rings. The van der Waals surface area contributed by atoms with Gasteiger partial charge in [-0.3, -0.25) is 4.79 Å². The number of nitrogens with zero attached hydrogens (tertiary/aromatic N) is 3. The first-order chi connectivity index (χ1) is 10.1. The molecule has 2 aliphatic heterocycles. The molecule has 116 valence electrons. The number of hydrogen-bond donors (Lipinski definition) is 2. The average Bonchev–Trinajstić information content (AvgIpc) is 2.90. The Hall–Kier alpha value is -1.60. The zero-order valence-corrected chi connectivity index (χ0v) is 12.3. The van der Waals surface area contributed by atoms with Gasteiger partial charge in [-0.1, -0.05) is 0 Å². The van der Waals surface area contributed by atoms with Crippen molar-refractivity contribution in [2.45, 2.75) is 31.4 Å². The van der Waals surface area contributed by atoms with Crippen LogP contribution in [-0.2, 0) is 11.3 Å². The standard InChI is InChI=1S/C14H22N4O3/c1-17(10-14(20)3-7-21-8-4-14)12(19)11-9-18-6-2-5-15-13(18)16-11/h9,20H,2-8,10H2,1H3,(H,15,16). The predicted octanol–water partition coefficient (Wildman–Crippen LogP) is 0.312. The van der Waals surface area contributed by atoms with Crippen LogP contribution in [0, 0.1) is 0 Å². The van der Waals surface area contributed by atoms with Crippen LogP contribution in [0.5, 0.6) is 0 Å². The summed E-state index contributed by atoms with van der Waals surface area (Å²) in [5, 5.41) is 13.7. The number of rotatable bonds is 3. The summed E-state index contributed by atoms with van der Waals surface area (Å²) in [5.41, 5.74) is -0.419. The second-order valence-corrected chi connectivity index (χ2v) is 5.92. The second-order valence-electron chi connectivity index (χ2n) is 5.92. The van der Waals surface area contributed by atoms with Crippen LogP contribution in [0.2, 0.25) is 0 Å². The summed E-state index contributed by atoms with van der Waals surface area (Å²) in [4.78, 5) is 18.4. The number of carbonyl (C=O) groups is 1. The zero-order chi connectivity index (χ0) is 14.9. The number of carbonyl (C=O) groups excluding carboxylic acids is 1. The van der Waals surface area contributed by atoms with Gasteiger partial charge in [-0.25, -0.2) is 4.98 Å². The zero-order valence-electron chi connectivity index (χ0n) is 12.3. The Bertz CT molecular complexity index is 499. The van der Waals surface area contributed by atoms with Crippen molar-refractivity contribution in [3.63, 3.8) is 0 Å². The molecular formula is C14H22N4O3. The first kappa shape index (κ1) is 14.3. The van der Waals surface area contributed by atoms with Crippen molar-refractivity contribution in [3.05, 3.63) is 11.9 Å². The Morgan fingerprint density at radius 1 is 1.57 bits per heavy atom. The van der Waals surface area contributed by atoms with Crippen molar-refractivity contribution in [2.75, 3.05) is 38.7 Å². The van der Waals surface area contributed by atoms with E-state index in [2.05, 4.69) is 10.3 Å². The van der Waals surface area contributed by atoms with Crippen molar-refractivity contribution >= 4 is 11.9 Å². The van der Waals surface area contributed by atoms with E-state index < -0.39 is 5.60 Å². The van der Waals surface area contributed by atoms with Crippen LogP contribution in [0.15, 0.2) is 6.20 Å². The monoisotopic (exact) mass is 294 g/mol. The molecule has 1 aromatic heterocycles. The van der Waals surface area contributed by atoms with Gasteiger partial charge in [0.25, 0.3) is 5.91 Å². The molecule has 3 heterocycles. The summed E-state index contributed by atoms with van der Waals surface area (Å²) in [6, 6.07) is 0. The fourth-order valence-corrected chi connectivity index (χ4v) is 2.90. The highest BCUT2D eigenvalue weighted by molar-refractivity contribution is 5.92. The first-order valence-electron chi connectivity index (χ1n) is 7.44. The summed E-state index contributed by atoms with van der Waals surface area (Å²) in [6.07, 6.45) is 3.94. The van der Waals surface area contributed by atoms with Gasteiger partial charge in [0, 0.05) is 58.9 Å². The molecule has 2 N–H and O–H groups in total. The molecule has 0 aliphatic carbocycles. The van der Waals surface area contributed by atoms with E-state index in [-0.39, 0.29) is 5.91 Å². The highest BCUT2D eigenvalue weighted by Crippen LogP contribution is 2.22. The Kier molecular flexibility index (Phi) is 3.86. The SMILES string of the molecule is CN(CC1(O)CCOCC1)C(=O)c1cn2c(n1)NCCC2. The smallest absolute Gasteiger partial charge is 0.273 e. The quantitative estimate of drug-likeness (QED) is 0.839. The van der Waals surface area contributed by atoms with Gasteiger partial charge in [0.15, 0.2) is 0 Å². The third-order valence-electron chi connectivity index (χ3n) is 4.16. The average molecular weight is 294 g/mol. The molecule has 0 aromatic carbocycles. The lowest BCUT2D eigenvalue weighted by Crippen LogP contribution is -2.47. The Balaban J connectivity index is 1.67. The van der Waals surface area contributed by atoms with Gasteiger partial charge in [0.05, 0.1) is 5.60 Å². The predicted molar refractivity (Wildman–Crippen MR) is 77.3 cm³/mol. The number of ether oxygens (including phenoxy) is 1. The number of anilines is 1. The lowest BCUT2D eigenvalue weighted by molar-refractivity contribution is -0.0734. The number of likely N-dealkylation sites (N-methyl/N-ethyl adjacent to an activating group) is 1. The van der Waals surface area contributed by atoms with E-state index in [9.17, 15) is 9.90 Å². The van der Waals surface area contributed by atoms with Crippen molar-refractivity contribution < 1.29 is 14.6 Å². The maximum Gasteiger partial charge on any atom is 0.273 e. The topological polar surface area (TPSA) is 79.6 Å². The van der Waals surface area contributed by atoms with Gasteiger partial charge >= 0.3 is 0 Å². The van der Waals surface area contributed by atoms with E-state index >= 15 is 0 Å². The van der Waals surface area contributed by atoms with Crippen LogP contribution in [0.25, 0.3) is 0 Å². The van der Waals surface area contributed by atoms with Crippen LogP contribution < -0.4 is 5.32 Å². The number of amides is 1. The number of aliphatic hydroxyl groups is 1. The molecular weight excluding hydrogens is 272 g/mol. The molecule has 1 fully saturated rings. The Morgan fingerprint density at radius 3 is 3.05 bits per heavy atom. The van der Waals surface area contributed by atoms with E-state index in [1.54, 1.807) is 18.1 Å². The molecule has 7 heteroatoms. The first-order valence-corrected chi connectivity index (χ1v) is 7.44. The van der Waals surface area contributed by atoms with E-state index in [0.717, 1.165) is 25.5 Å². The molecule has 3 rings (SSSR count). The van der Waals surface area contributed by atoms with Crippen molar-refractivity contribution in [1.29, 1.82) is 0 Å². The molecule has 0 spiro atoms. The molecule has 1 saturated heterocycles. The highest BCUT2D eigenvalue weighted by Gasteiger charge is 2.33. The van der Waals surface area contributed by atoms with Gasteiger partial charge in [0.2, 0.25) is 5.95 Å². The van der Waals surface area contributed by atoms with Gasteiger partial charge in [-0.2, -0.15) is 0 Å². The number of aryl methyl sites for hydroxylation is 1. The van der Waals surface area contributed by atoms with Gasteiger partial charge in [0.1, 0.15) is 5.69 Å². The maximum absolute atomic E-state index is 12.5. The number of aromatic nitrogens is 2. The fourth-order valence-electron chi connectivity index (χ4n) is 2.90. The van der Waals surface area contributed by atoms with Crippen LogP contribution in [0.4, 0.5) is 5.95 Å². The molecule has 2 aliphatic rings. The third-order valence-corrected chi connectivity index (χ3v) is 4.16. The van der Waals surface area contributed by atoms with Crippen molar-refractivity contribution in [1.82, 2.24) is 14.5 Å². The summed E-state index contributed by atoms with van der Waals surface area (Å²) >= 11 is 0. The maximum atomic E-state index is 12.5. The van der Waals surface area contributed by atoms with Crippen LogP contribution in [0.3, 0.4) is 0 Å². The minimum Gasteiger partial charge on any atom is -0.388 e. The molecule has 0 bridgehead atoms. The fraction of sp³-hybridized carbons (Fsp3) is 0.714. The Labute approximate surface area is 123 Å². The largest absolute Gasteiger partial charge is 0.388 e. The van der Waals surface area contributed by atoms with Crippen LogP contribution in [0.1, 0.15) is 29.8 Å². The van der Waals surface area contributed by atoms with Gasteiger partial charge in [-0.05, 0) is 6.42 Å². The van der Waals surface area contributed by atoms with Gasteiger partial charge < -0.3 is 24.6 Å². The van der Waals surface area contributed by atoms with Gasteiger partial charge in [-0.15, -0.1) is 0 Å². The van der Waals surface area contributed by atoms with E-state index in [1.807, 2.05) is 4.57 Å². The molecule has 0 atom stereocenters. The molecule has 1 amide bonds. The van der Waals surface area contributed by atoms with Crippen LogP contribution in [-0.4, -0.2) is 64.4 Å². The molecule has 7 nitrogen and oxygen atoms in total. The minimum atomic E-state index is -0.847. The molecule has 0 unspecified atom stereocenters. The summed E-state index contributed by atoms with van der Waals surface area (Å²) in [7, 11) is 1.71. The van der Waals surface area contributed by atoms with E-state index in [1.165, 1.54) is 0 Å².